The van der Waals surface area contributed by atoms with Gasteiger partial charge < -0.3 is 34.9 Å². The van der Waals surface area contributed by atoms with Crippen LogP contribution in [0.1, 0.15) is 48.4 Å². The summed E-state index contributed by atoms with van der Waals surface area (Å²) in [5.41, 5.74) is -0.245. The highest BCUT2D eigenvalue weighted by molar-refractivity contribution is 7.18. The van der Waals surface area contributed by atoms with E-state index < -0.39 is 34.3 Å². The molecule has 0 atom stereocenters. The van der Waals surface area contributed by atoms with E-state index in [1.54, 1.807) is 20.8 Å². The van der Waals surface area contributed by atoms with Gasteiger partial charge in [-0.2, -0.15) is 0 Å². The molecule has 0 bridgehead atoms. The van der Waals surface area contributed by atoms with Crippen molar-refractivity contribution in [3.05, 3.63) is 45.6 Å². The number of thiazole rings is 1. The van der Waals surface area contributed by atoms with Crippen molar-refractivity contribution in [1.29, 1.82) is 0 Å². The molecule has 0 aliphatic carbocycles. The second kappa shape index (κ2) is 17.7. The molecule has 0 spiro atoms. The molecule has 0 unspecified atom stereocenters. The molecule has 1 aromatic heterocycles. The molecule has 0 saturated heterocycles. The van der Waals surface area contributed by atoms with Crippen molar-refractivity contribution in [3.63, 3.8) is 0 Å². The van der Waals surface area contributed by atoms with Gasteiger partial charge in [-0.15, -0.1) is 0 Å². The fourth-order valence-electron chi connectivity index (χ4n) is 3.17. The topological polar surface area (TPSA) is 209 Å². The average Bonchev–Trinajstić information content (AvgIpc) is 3.38. The van der Waals surface area contributed by atoms with Crippen molar-refractivity contribution < 1.29 is 43.0 Å². The van der Waals surface area contributed by atoms with Crippen molar-refractivity contribution in [2.24, 2.45) is 0 Å². The number of hydrogen-bond acceptors (Lipinski definition) is 12. The molecular formula is C26H36N6O10S. The van der Waals surface area contributed by atoms with Crippen LogP contribution in [0.5, 0.6) is 0 Å². The van der Waals surface area contributed by atoms with Gasteiger partial charge in [0.2, 0.25) is 5.91 Å². The van der Waals surface area contributed by atoms with E-state index in [0.29, 0.717) is 50.9 Å². The monoisotopic (exact) mass is 624 g/mol. The highest BCUT2D eigenvalue weighted by Crippen LogP contribution is 2.26. The maximum atomic E-state index is 12.7. The van der Waals surface area contributed by atoms with Crippen molar-refractivity contribution in [2.75, 3.05) is 63.4 Å². The molecule has 0 saturated carbocycles. The van der Waals surface area contributed by atoms with Gasteiger partial charge >= 0.3 is 11.1 Å². The van der Waals surface area contributed by atoms with E-state index in [1.165, 1.54) is 25.1 Å². The molecule has 0 fully saturated rings. The summed E-state index contributed by atoms with van der Waals surface area (Å²) >= 11 is 0.681. The van der Waals surface area contributed by atoms with E-state index in [0.717, 1.165) is 6.20 Å². The van der Waals surface area contributed by atoms with Gasteiger partial charge in [0.15, 0.2) is 5.13 Å². The summed E-state index contributed by atoms with van der Waals surface area (Å²) in [6.07, 6.45) is 0.520. The summed E-state index contributed by atoms with van der Waals surface area (Å²) in [5.74, 6) is -1.58. The van der Waals surface area contributed by atoms with Gasteiger partial charge in [0, 0.05) is 25.6 Å². The molecular weight excluding hydrogens is 588 g/mol. The Bertz CT molecular complexity index is 1260. The van der Waals surface area contributed by atoms with E-state index >= 15 is 0 Å². The summed E-state index contributed by atoms with van der Waals surface area (Å²) in [6, 6.07) is 4.11. The van der Waals surface area contributed by atoms with E-state index in [9.17, 15) is 29.3 Å². The number of nitro groups is 1. The van der Waals surface area contributed by atoms with E-state index in [4.69, 9.17) is 18.9 Å². The third-order valence-corrected chi connectivity index (χ3v) is 5.79. The number of carbonyl (C=O) groups is 4. The Morgan fingerprint density at radius 3 is 2.07 bits per heavy atom. The molecule has 1 aromatic carbocycles. The summed E-state index contributed by atoms with van der Waals surface area (Å²) < 4.78 is 21.3. The number of ether oxygens (including phenoxy) is 4. The number of aromatic nitrogens is 1. The van der Waals surface area contributed by atoms with Crippen LogP contribution in [0.25, 0.3) is 0 Å². The molecule has 1 heterocycles. The van der Waals surface area contributed by atoms with E-state index in [2.05, 4.69) is 26.3 Å². The predicted molar refractivity (Wildman–Crippen MR) is 156 cm³/mol. The minimum Gasteiger partial charge on any atom is -0.444 e. The Hall–Kier alpha value is -4.19. The second-order valence-electron chi connectivity index (χ2n) is 9.68. The lowest BCUT2D eigenvalue weighted by Crippen LogP contribution is -2.34. The number of alkyl carbamates (subject to hydrolysis) is 1. The van der Waals surface area contributed by atoms with Crippen molar-refractivity contribution in [2.45, 2.75) is 33.3 Å². The van der Waals surface area contributed by atoms with Gasteiger partial charge in [-0.05, 0) is 50.3 Å². The molecule has 4 amide bonds. The van der Waals surface area contributed by atoms with Crippen LogP contribution < -0.4 is 21.3 Å². The quantitative estimate of drug-likeness (QED) is 0.114. The largest absolute Gasteiger partial charge is 0.444 e. The highest BCUT2D eigenvalue weighted by Gasteiger charge is 2.19. The zero-order chi connectivity index (χ0) is 31.8. The molecule has 0 aliphatic heterocycles. The zero-order valence-corrected chi connectivity index (χ0v) is 25.2. The molecule has 0 radical (unpaired) electrons. The van der Waals surface area contributed by atoms with Gasteiger partial charge in [-0.1, -0.05) is 0 Å². The maximum absolute atomic E-state index is 12.7. The number of amides is 4. The van der Waals surface area contributed by atoms with Gasteiger partial charge in [0.25, 0.3) is 11.8 Å². The normalized spacial score (nSPS) is 11.0. The lowest BCUT2D eigenvalue weighted by Gasteiger charge is -2.19. The summed E-state index contributed by atoms with van der Waals surface area (Å²) in [6.45, 7) is 8.98. The van der Waals surface area contributed by atoms with Crippen LogP contribution in [0.2, 0.25) is 0 Å². The van der Waals surface area contributed by atoms with Crippen molar-refractivity contribution >= 4 is 51.0 Å². The Morgan fingerprint density at radius 1 is 0.907 bits per heavy atom. The lowest BCUT2D eigenvalue weighted by atomic mass is 10.1. The van der Waals surface area contributed by atoms with Crippen LogP contribution in [-0.2, 0) is 23.7 Å². The molecule has 16 nitrogen and oxygen atoms in total. The maximum Gasteiger partial charge on any atom is 0.407 e. The Kier molecular flexibility index (Phi) is 14.4. The molecule has 0 aliphatic rings. The molecule has 17 heteroatoms. The molecule has 2 aromatic rings. The number of benzene rings is 1. The Morgan fingerprint density at radius 2 is 1.51 bits per heavy atom. The third-order valence-electron chi connectivity index (χ3n) is 4.92. The van der Waals surface area contributed by atoms with Crippen LogP contribution in [0, 0.1) is 10.1 Å². The standard InChI is InChI=1S/C26H36N6O10S/c1-17(33)30-20-15-18(5-6-19(20)23(35)31-24-29-16-21(43-24)32(37)38)22(34)27-7-9-39-11-13-41-14-12-40-10-8-28-25(36)42-26(2,3)4/h5-6,15-16H,7-14H2,1-4H3,(H,27,34)(H,28,36)(H,30,33)(H,29,31,35). The molecule has 236 valence electrons. The van der Waals surface area contributed by atoms with Gasteiger partial charge in [-0.25, -0.2) is 9.78 Å². The minimum atomic E-state index is -0.669. The fraction of sp³-hybridized carbons (Fsp3) is 0.500. The first-order chi connectivity index (χ1) is 20.4. The SMILES string of the molecule is CC(=O)Nc1cc(C(=O)NCCOCCOCCOCCNC(=O)OC(C)(C)C)ccc1C(=O)Nc1ncc([N+](=O)[O-])s1. The summed E-state index contributed by atoms with van der Waals surface area (Å²) in [4.78, 5) is 62.5. The van der Waals surface area contributed by atoms with Crippen LogP contribution >= 0.6 is 11.3 Å². The minimum absolute atomic E-state index is 0.00992. The third kappa shape index (κ3) is 14.0. The number of nitrogens with zero attached hydrogens (tertiary/aromatic N) is 2. The van der Waals surface area contributed by atoms with Crippen molar-refractivity contribution in [1.82, 2.24) is 15.6 Å². The van der Waals surface area contributed by atoms with Gasteiger partial charge in [-0.3, -0.25) is 29.8 Å². The number of carbonyl (C=O) groups excluding carboxylic acids is 4. The van der Waals surface area contributed by atoms with E-state index in [1.807, 2.05) is 0 Å². The number of hydrogen-bond donors (Lipinski definition) is 4. The lowest BCUT2D eigenvalue weighted by molar-refractivity contribution is -0.380. The first-order valence-corrected chi connectivity index (χ1v) is 14.0. The Labute approximate surface area is 252 Å². The average molecular weight is 625 g/mol. The molecule has 43 heavy (non-hydrogen) atoms. The van der Waals surface area contributed by atoms with Crippen LogP contribution in [0.15, 0.2) is 24.4 Å². The summed E-state index contributed by atoms with van der Waals surface area (Å²) in [7, 11) is 0. The van der Waals surface area contributed by atoms with Crippen molar-refractivity contribution in [3.8, 4) is 0 Å². The first kappa shape index (κ1) is 35.0. The zero-order valence-electron chi connectivity index (χ0n) is 24.4. The summed E-state index contributed by atoms with van der Waals surface area (Å²) in [5, 5.41) is 20.8. The number of rotatable bonds is 17. The van der Waals surface area contributed by atoms with Crippen LogP contribution in [-0.4, -0.2) is 92.1 Å². The van der Waals surface area contributed by atoms with Crippen LogP contribution in [0.4, 0.5) is 20.6 Å². The number of anilines is 2. The predicted octanol–water partition coefficient (Wildman–Crippen LogP) is 2.57. The Balaban J connectivity index is 1.65. The highest BCUT2D eigenvalue weighted by atomic mass is 32.1. The van der Waals surface area contributed by atoms with E-state index in [-0.39, 0.29) is 40.1 Å². The number of nitrogens with one attached hydrogen (secondary N) is 4. The fourth-order valence-corrected chi connectivity index (χ4v) is 3.80. The van der Waals surface area contributed by atoms with Crippen LogP contribution in [0.3, 0.4) is 0 Å². The first-order valence-electron chi connectivity index (χ1n) is 13.2. The van der Waals surface area contributed by atoms with Gasteiger partial charge in [0.05, 0.1) is 55.8 Å². The molecule has 2 rings (SSSR count). The van der Waals surface area contributed by atoms with Gasteiger partial charge in [0.1, 0.15) is 11.8 Å². The second-order valence-corrected chi connectivity index (χ2v) is 10.7. The molecule has 4 N–H and O–H groups in total. The smallest absolute Gasteiger partial charge is 0.407 e.